The average molecular weight is 306 g/mol. The molecule has 0 aliphatic carbocycles. The van der Waals surface area contributed by atoms with Crippen molar-refractivity contribution in [2.24, 2.45) is 5.92 Å². The summed E-state index contributed by atoms with van der Waals surface area (Å²) in [5.74, 6) is 0.555. The number of nitrogens with one attached hydrogen (secondary N) is 1. The Kier molecular flexibility index (Phi) is 8.60. The Morgan fingerprint density at radius 1 is 1.32 bits per heavy atom. The number of rotatable bonds is 9. The van der Waals surface area contributed by atoms with Gasteiger partial charge in [0, 0.05) is 32.8 Å². The van der Waals surface area contributed by atoms with E-state index in [4.69, 9.17) is 4.74 Å². The first-order valence-electron chi connectivity index (χ1n) is 8.19. The normalized spacial score (nSPS) is 10.8. The lowest BCUT2D eigenvalue weighted by Gasteiger charge is -2.22. The second-order valence-electron chi connectivity index (χ2n) is 5.99. The molecule has 1 rings (SSSR count). The fourth-order valence-electron chi connectivity index (χ4n) is 2.12. The molecule has 0 heterocycles. The molecule has 1 aromatic carbocycles. The Labute approximate surface area is 134 Å². The van der Waals surface area contributed by atoms with E-state index in [0.29, 0.717) is 32.2 Å². The van der Waals surface area contributed by atoms with E-state index >= 15 is 0 Å². The van der Waals surface area contributed by atoms with Crippen LogP contribution in [0.2, 0.25) is 0 Å². The number of aryl methyl sites for hydroxylation is 1. The molecule has 0 saturated heterocycles. The summed E-state index contributed by atoms with van der Waals surface area (Å²) in [6, 6.07) is 8.18. The first-order chi connectivity index (χ1) is 10.5. The molecule has 0 radical (unpaired) electrons. The van der Waals surface area contributed by atoms with Crippen LogP contribution in [-0.4, -0.2) is 37.2 Å². The van der Waals surface area contributed by atoms with Crippen molar-refractivity contribution < 1.29 is 9.53 Å². The van der Waals surface area contributed by atoms with Gasteiger partial charge in [-0.25, -0.2) is 4.79 Å². The zero-order valence-corrected chi connectivity index (χ0v) is 14.4. The monoisotopic (exact) mass is 306 g/mol. The van der Waals surface area contributed by atoms with Gasteiger partial charge >= 0.3 is 6.03 Å². The standard InChI is InChI=1S/C18H30N2O2/c1-5-20(13-17-10-7-6-9-16(17)4)18(21)19-11-8-12-22-14-15(2)3/h6-7,9-10,15H,5,8,11-14H2,1-4H3,(H,19,21). The Bertz CT molecular complexity index is 446. The van der Waals surface area contributed by atoms with Gasteiger partial charge in [0.05, 0.1) is 0 Å². The van der Waals surface area contributed by atoms with Gasteiger partial charge in [0.15, 0.2) is 0 Å². The summed E-state index contributed by atoms with van der Waals surface area (Å²) in [6.45, 7) is 11.8. The van der Waals surface area contributed by atoms with Gasteiger partial charge in [-0.3, -0.25) is 0 Å². The topological polar surface area (TPSA) is 41.6 Å². The van der Waals surface area contributed by atoms with Crippen LogP contribution in [0.25, 0.3) is 0 Å². The van der Waals surface area contributed by atoms with Crippen molar-refractivity contribution in [1.82, 2.24) is 10.2 Å². The van der Waals surface area contributed by atoms with E-state index in [1.807, 2.05) is 24.0 Å². The third kappa shape index (κ3) is 6.94. The van der Waals surface area contributed by atoms with E-state index in [1.165, 1.54) is 11.1 Å². The number of carbonyl (C=O) groups is 1. The summed E-state index contributed by atoms with van der Waals surface area (Å²) in [4.78, 5) is 14.0. The maximum absolute atomic E-state index is 12.2. The molecule has 0 aromatic heterocycles. The van der Waals surface area contributed by atoms with E-state index in [9.17, 15) is 4.79 Å². The number of hydrogen-bond acceptors (Lipinski definition) is 2. The molecular formula is C18H30N2O2. The summed E-state index contributed by atoms with van der Waals surface area (Å²) in [6.07, 6.45) is 0.848. The highest BCUT2D eigenvalue weighted by Gasteiger charge is 2.12. The van der Waals surface area contributed by atoms with Gasteiger partial charge in [-0.05, 0) is 37.3 Å². The second kappa shape index (κ2) is 10.2. The molecule has 4 nitrogen and oxygen atoms in total. The minimum Gasteiger partial charge on any atom is -0.381 e. The van der Waals surface area contributed by atoms with Gasteiger partial charge in [0.2, 0.25) is 0 Å². The number of ether oxygens (including phenoxy) is 1. The largest absolute Gasteiger partial charge is 0.381 e. The van der Waals surface area contributed by atoms with Crippen LogP contribution in [0.15, 0.2) is 24.3 Å². The van der Waals surface area contributed by atoms with Crippen molar-refractivity contribution in [3.05, 3.63) is 35.4 Å². The highest BCUT2D eigenvalue weighted by Crippen LogP contribution is 2.10. The van der Waals surface area contributed by atoms with Crippen molar-refractivity contribution >= 4 is 6.03 Å². The molecule has 1 aromatic rings. The summed E-state index contributed by atoms with van der Waals surface area (Å²) in [5.41, 5.74) is 2.41. The van der Waals surface area contributed by atoms with Crippen LogP contribution in [0.3, 0.4) is 0 Å². The van der Waals surface area contributed by atoms with Crippen molar-refractivity contribution in [1.29, 1.82) is 0 Å². The SMILES string of the molecule is CCN(Cc1ccccc1C)C(=O)NCCCOCC(C)C. The number of benzene rings is 1. The van der Waals surface area contributed by atoms with Crippen LogP contribution in [0, 0.1) is 12.8 Å². The molecule has 0 unspecified atom stereocenters. The van der Waals surface area contributed by atoms with E-state index in [2.05, 4.69) is 38.2 Å². The van der Waals surface area contributed by atoms with E-state index in [-0.39, 0.29) is 6.03 Å². The Balaban J connectivity index is 2.31. The molecule has 0 bridgehead atoms. The molecule has 22 heavy (non-hydrogen) atoms. The lowest BCUT2D eigenvalue weighted by Crippen LogP contribution is -2.40. The second-order valence-corrected chi connectivity index (χ2v) is 5.99. The first-order valence-corrected chi connectivity index (χ1v) is 8.19. The van der Waals surface area contributed by atoms with Crippen molar-refractivity contribution in [3.8, 4) is 0 Å². The van der Waals surface area contributed by atoms with Gasteiger partial charge < -0.3 is 15.0 Å². The Morgan fingerprint density at radius 3 is 2.68 bits per heavy atom. The predicted octanol–water partition coefficient (Wildman–Crippen LogP) is 3.59. The van der Waals surface area contributed by atoms with E-state index < -0.39 is 0 Å². The van der Waals surface area contributed by atoms with Crippen LogP contribution >= 0.6 is 0 Å². The molecule has 2 amide bonds. The predicted molar refractivity (Wildman–Crippen MR) is 90.9 cm³/mol. The van der Waals surface area contributed by atoms with Gasteiger partial charge in [-0.2, -0.15) is 0 Å². The van der Waals surface area contributed by atoms with E-state index in [1.54, 1.807) is 0 Å². The lowest BCUT2D eigenvalue weighted by atomic mass is 10.1. The maximum atomic E-state index is 12.2. The van der Waals surface area contributed by atoms with Gasteiger partial charge in [0.1, 0.15) is 0 Å². The fourth-order valence-corrected chi connectivity index (χ4v) is 2.12. The number of urea groups is 1. The van der Waals surface area contributed by atoms with Crippen molar-refractivity contribution in [2.75, 3.05) is 26.3 Å². The van der Waals surface area contributed by atoms with E-state index in [0.717, 1.165) is 13.0 Å². The number of carbonyl (C=O) groups excluding carboxylic acids is 1. The van der Waals surface area contributed by atoms with Crippen LogP contribution in [-0.2, 0) is 11.3 Å². The quantitative estimate of drug-likeness (QED) is 0.708. The minimum atomic E-state index is -0.00499. The van der Waals surface area contributed by atoms with Crippen molar-refractivity contribution in [2.45, 2.75) is 40.7 Å². The molecule has 0 aliphatic rings. The smallest absolute Gasteiger partial charge is 0.317 e. The Morgan fingerprint density at radius 2 is 2.05 bits per heavy atom. The molecule has 124 valence electrons. The molecule has 4 heteroatoms. The third-order valence-electron chi connectivity index (χ3n) is 3.48. The minimum absolute atomic E-state index is 0.00499. The van der Waals surface area contributed by atoms with Crippen LogP contribution in [0.1, 0.15) is 38.3 Å². The van der Waals surface area contributed by atoms with Crippen molar-refractivity contribution in [3.63, 3.8) is 0 Å². The molecule has 1 N–H and O–H groups in total. The third-order valence-corrected chi connectivity index (χ3v) is 3.48. The van der Waals surface area contributed by atoms with Crippen LogP contribution < -0.4 is 5.32 Å². The van der Waals surface area contributed by atoms with Crippen LogP contribution in [0.4, 0.5) is 4.79 Å². The lowest BCUT2D eigenvalue weighted by molar-refractivity contribution is 0.108. The number of amides is 2. The fraction of sp³-hybridized carbons (Fsp3) is 0.611. The molecule has 0 spiro atoms. The van der Waals surface area contributed by atoms with Gasteiger partial charge in [0.25, 0.3) is 0 Å². The van der Waals surface area contributed by atoms with Crippen LogP contribution in [0.5, 0.6) is 0 Å². The molecule has 0 aliphatic heterocycles. The first kappa shape index (κ1) is 18.5. The zero-order chi connectivity index (χ0) is 16.4. The summed E-state index contributed by atoms with van der Waals surface area (Å²) >= 11 is 0. The molecule has 0 fully saturated rings. The number of nitrogens with zero attached hydrogens (tertiary/aromatic N) is 1. The number of hydrogen-bond donors (Lipinski definition) is 1. The highest BCUT2D eigenvalue weighted by atomic mass is 16.5. The summed E-state index contributed by atoms with van der Waals surface area (Å²) < 4.78 is 5.51. The summed E-state index contributed by atoms with van der Waals surface area (Å²) in [5, 5.41) is 2.97. The van der Waals surface area contributed by atoms with Gasteiger partial charge in [-0.1, -0.05) is 38.1 Å². The Hall–Kier alpha value is -1.55. The summed E-state index contributed by atoms with van der Waals surface area (Å²) in [7, 11) is 0. The molecule has 0 saturated carbocycles. The molecular weight excluding hydrogens is 276 g/mol. The average Bonchev–Trinajstić information content (AvgIpc) is 2.49. The van der Waals surface area contributed by atoms with Gasteiger partial charge in [-0.15, -0.1) is 0 Å². The highest BCUT2D eigenvalue weighted by molar-refractivity contribution is 5.74. The zero-order valence-electron chi connectivity index (χ0n) is 14.4. The molecule has 0 atom stereocenters. The maximum Gasteiger partial charge on any atom is 0.317 e.